The molecule has 2 aliphatic heterocycles. The molecular weight excluding hydrogens is 339 g/mol. The summed E-state index contributed by atoms with van der Waals surface area (Å²) in [5.41, 5.74) is 0.652. The maximum atomic E-state index is 13.2. The predicted octanol–water partition coefficient (Wildman–Crippen LogP) is 2.08. The first-order chi connectivity index (χ1) is 10.8. The highest BCUT2D eigenvalue weighted by Gasteiger charge is 2.49. The molecule has 0 N–H and O–H groups in total. The zero-order valence-electron chi connectivity index (χ0n) is 12.8. The van der Waals surface area contributed by atoms with E-state index in [1.807, 2.05) is 0 Å². The van der Waals surface area contributed by atoms with Gasteiger partial charge in [-0.2, -0.15) is 4.99 Å². The molecule has 5 nitrogen and oxygen atoms in total. The van der Waals surface area contributed by atoms with Crippen molar-refractivity contribution in [2.45, 2.75) is 25.1 Å². The number of amidine groups is 1. The third-order valence-corrected chi connectivity index (χ3v) is 7.08. The molecule has 1 amide bonds. The summed E-state index contributed by atoms with van der Waals surface area (Å²) in [4.78, 5) is 17.9. The van der Waals surface area contributed by atoms with Crippen LogP contribution in [0, 0.1) is 11.7 Å². The highest BCUT2D eigenvalue weighted by Crippen LogP contribution is 2.41. The molecule has 1 aromatic carbocycles. The van der Waals surface area contributed by atoms with Crippen LogP contribution in [-0.4, -0.2) is 42.3 Å². The van der Waals surface area contributed by atoms with Gasteiger partial charge in [-0.15, -0.1) is 0 Å². The minimum absolute atomic E-state index is 0.0247. The van der Waals surface area contributed by atoms with Crippen molar-refractivity contribution in [2.24, 2.45) is 10.9 Å². The fraction of sp³-hybridized carbons (Fsp3) is 0.467. The van der Waals surface area contributed by atoms with E-state index >= 15 is 0 Å². The molecule has 0 aromatic heterocycles. The molecule has 2 aliphatic rings. The summed E-state index contributed by atoms with van der Waals surface area (Å²) in [5.74, 6) is -0.746. The maximum absolute atomic E-state index is 13.2. The lowest BCUT2D eigenvalue weighted by atomic mass is 10.2. The Morgan fingerprint density at radius 1 is 1.30 bits per heavy atom. The van der Waals surface area contributed by atoms with E-state index in [0.717, 1.165) is 0 Å². The summed E-state index contributed by atoms with van der Waals surface area (Å²) in [6, 6.07) is 5.53. The van der Waals surface area contributed by atoms with E-state index in [9.17, 15) is 17.6 Å². The molecule has 0 unspecified atom stereocenters. The van der Waals surface area contributed by atoms with Gasteiger partial charge >= 0.3 is 0 Å². The maximum Gasteiger partial charge on any atom is 0.250 e. The summed E-state index contributed by atoms with van der Waals surface area (Å²) in [7, 11) is -3.10. The Hall–Kier alpha value is -1.41. The summed E-state index contributed by atoms with van der Waals surface area (Å²) in [6.45, 7) is 3.53. The van der Waals surface area contributed by atoms with Crippen LogP contribution in [0.5, 0.6) is 0 Å². The monoisotopic (exact) mass is 356 g/mol. The van der Waals surface area contributed by atoms with Gasteiger partial charge in [-0.1, -0.05) is 25.6 Å². The van der Waals surface area contributed by atoms with Crippen LogP contribution in [-0.2, 0) is 14.6 Å². The quantitative estimate of drug-likeness (QED) is 0.812. The van der Waals surface area contributed by atoms with Gasteiger partial charge in [0, 0.05) is 16.9 Å². The zero-order chi connectivity index (χ0) is 16.8. The Morgan fingerprint density at radius 2 is 1.96 bits per heavy atom. The number of carbonyl (C=O) groups is 1. The molecule has 23 heavy (non-hydrogen) atoms. The van der Waals surface area contributed by atoms with Crippen molar-refractivity contribution in [1.82, 2.24) is 0 Å². The van der Waals surface area contributed by atoms with Crippen LogP contribution >= 0.6 is 11.8 Å². The van der Waals surface area contributed by atoms with Crippen molar-refractivity contribution in [3.63, 3.8) is 0 Å². The van der Waals surface area contributed by atoms with Gasteiger partial charge in [0.2, 0.25) is 0 Å². The van der Waals surface area contributed by atoms with E-state index in [1.54, 1.807) is 30.9 Å². The lowest BCUT2D eigenvalue weighted by Crippen LogP contribution is -2.37. The summed E-state index contributed by atoms with van der Waals surface area (Å²) < 4.78 is 37.0. The number of nitrogens with zero attached hydrogens (tertiary/aromatic N) is 2. The first kappa shape index (κ1) is 16.4. The Kier molecular flexibility index (Phi) is 4.22. The van der Waals surface area contributed by atoms with E-state index in [4.69, 9.17) is 0 Å². The van der Waals surface area contributed by atoms with Gasteiger partial charge in [0.05, 0.1) is 17.5 Å². The molecule has 3 rings (SSSR count). The first-order valence-corrected chi connectivity index (χ1v) is 10.0. The van der Waals surface area contributed by atoms with Crippen LogP contribution in [0.25, 0.3) is 0 Å². The Bertz CT molecular complexity index is 759. The van der Waals surface area contributed by atoms with Gasteiger partial charge in [0.1, 0.15) is 5.82 Å². The lowest BCUT2D eigenvalue weighted by Gasteiger charge is -2.24. The molecule has 124 valence electrons. The van der Waals surface area contributed by atoms with Gasteiger partial charge in [0.15, 0.2) is 15.0 Å². The molecule has 0 saturated carbocycles. The largest absolute Gasteiger partial charge is 0.316 e. The minimum atomic E-state index is -3.10. The highest BCUT2D eigenvalue weighted by molar-refractivity contribution is 8.16. The van der Waals surface area contributed by atoms with Crippen LogP contribution in [0.15, 0.2) is 29.3 Å². The second-order valence-electron chi connectivity index (χ2n) is 6.03. The zero-order valence-corrected chi connectivity index (χ0v) is 14.4. The molecule has 8 heteroatoms. The van der Waals surface area contributed by atoms with Crippen LogP contribution in [0.2, 0.25) is 0 Å². The van der Waals surface area contributed by atoms with Crippen molar-refractivity contribution in [1.29, 1.82) is 0 Å². The predicted molar refractivity (Wildman–Crippen MR) is 90.0 cm³/mol. The number of aliphatic imine (C=N–C) groups is 1. The Morgan fingerprint density at radius 3 is 2.57 bits per heavy atom. The van der Waals surface area contributed by atoms with E-state index in [2.05, 4.69) is 4.99 Å². The van der Waals surface area contributed by atoms with Crippen molar-refractivity contribution < 1.29 is 17.6 Å². The number of rotatable bonds is 2. The number of thioether (sulfide) groups is 1. The molecule has 0 spiro atoms. The summed E-state index contributed by atoms with van der Waals surface area (Å²) >= 11 is 1.32. The fourth-order valence-corrected chi connectivity index (χ4v) is 6.61. The number of anilines is 1. The van der Waals surface area contributed by atoms with Gasteiger partial charge in [0.25, 0.3) is 5.91 Å². The molecule has 0 aliphatic carbocycles. The number of hydrogen-bond donors (Lipinski definition) is 0. The molecule has 2 saturated heterocycles. The van der Waals surface area contributed by atoms with Gasteiger partial charge in [-0.05, 0) is 24.3 Å². The molecule has 2 atom stereocenters. The number of carbonyl (C=O) groups excluding carboxylic acids is 1. The van der Waals surface area contributed by atoms with E-state index in [0.29, 0.717) is 10.9 Å². The molecule has 1 aromatic rings. The third-order valence-electron chi connectivity index (χ3n) is 3.87. The Balaban J connectivity index is 2.00. The first-order valence-electron chi connectivity index (χ1n) is 7.31. The van der Waals surface area contributed by atoms with Crippen molar-refractivity contribution in [3.05, 3.63) is 30.1 Å². The third kappa shape index (κ3) is 3.28. The SMILES string of the molecule is CC(C)C(=O)N=C1S[C@@H]2CS(=O)(=O)C[C@H]2N1c1ccc(F)cc1. The van der Waals surface area contributed by atoms with E-state index < -0.39 is 9.84 Å². The average molecular weight is 356 g/mol. The second kappa shape index (κ2) is 5.90. The average Bonchev–Trinajstić information content (AvgIpc) is 2.91. The number of benzene rings is 1. The number of halogens is 1. The second-order valence-corrected chi connectivity index (χ2v) is 9.39. The fourth-order valence-electron chi connectivity index (χ4n) is 2.69. The molecule has 2 fully saturated rings. The van der Waals surface area contributed by atoms with Crippen molar-refractivity contribution >= 4 is 38.4 Å². The topological polar surface area (TPSA) is 66.8 Å². The highest BCUT2D eigenvalue weighted by atomic mass is 32.2. The summed E-state index contributed by atoms with van der Waals surface area (Å²) in [6.07, 6.45) is 0. The van der Waals surface area contributed by atoms with Crippen LogP contribution in [0.1, 0.15) is 13.8 Å². The summed E-state index contributed by atoms with van der Waals surface area (Å²) in [5, 5.41) is 0.351. The van der Waals surface area contributed by atoms with Crippen LogP contribution < -0.4 is 4.90 Å². The van der Waals surface area contributed by atoms with Crippen molar-refractivity contribution in [2.75, 3.05) is 16.4 Å². The standard InChI is InChI=1S/C15H17FN2O3S2/c1-9(2)14(19)17-15-18(11-5-3-10(16)4-6-11)12-7-23(20,21)8-13(12)22-15/h3-6,9,12-13H,7-8H2,1-2H3/t12-,13-/m1/s1. The van der Waals surface area contributed by atoms with Gasteiger partial charge in [-0.3, -0.25) is 4.79 Å². The molecule has 2 heterocycles. The van der Waals surface area contributed by atoms with E-state index in [-0.39, 0.29) is 40.4 Å². The van der Waals surface area contributed by atoms with Crippen molar-refractivity contribution in [3.8, 4) is 0 Å². The molecular formula is C15H17FN2O3S2. The van der Waals surface area contributed by atoms with Crippen LogP contribution in [0.4, 0.5) is 10.1 Å². The number of amides is 1. The molecule has 0 bridgehead atoms. The number of fused-ring (bicyclic) bond motifs is 1. The van der Waals surface area contributed by atoms with Gasteiger partial charge in [-0.25, -0.2) is 12.8 Å². The lowest BCUT2D eigenvalue weighted by molar-refractivity contribution is -0.120. The smallest absolute Gasteiger partial charge is 0.250 e. The minimum Gasteiger partial charge on any atom is -0.316 e. The number of sulfone groups is 1. The van der Waals surface area contributed by atoms with Gasteiger partial charge < -0.3 is 4.90 Å². The normalized spacial score (nSPS) is 27.7. The molecule has 0 radical (unpaired) electrons. The van der Waals surface area contributed by atoms with E-state index in [1.165, 1.54) is 23.9 Å². The Labute approximate surface area is 138 Å². The number of hydrogen-bond acceptors (Lipinski definition) is 4. The van der Waals surface area contributed by atoms with Crippen LogP contribution in [0.3, 0.4) is 0 Å².